The van der Waals surface area contributed by atoms with Crippen LogP contribution >= 0.6 is 27.3 Å². The third-order valence-electron chi connectivity index (χ3n) is 2.20. The van der Waals surface area contributed by atoms with Gasteiger partial charge in [0, 0.05) is 6.20 Å². The number of halogens is 1. The normalized spacial score (nSPS) is 11.1. The molecular formula is C11H12BrN3OS. The molecule has 17 heavy (non-hydrogen) atoms. The van der Waals surface area contributed by atoms with Gasteiger partial charge in [0.15, 0.2) is 5.82 Å². The summed E-state index contributed by atoms with van der Waals surface area (Å²) in [5.74, 6) is 1.05. The second-order valence-electron chi connectivity index (χ2n) is 4.14. The molecule has 0 aliphatic rings. The predicted octanol–water partition coefficient (Wildman–Crippen LogP) is 2.85. The predicted molar refractivity (Wildman–Crippen MR) is 72.2 cm³/mol. The van der Waals surface area contributed by atoms with E-state index in [1.807, 2.05) is 0 Å². The van der Waals surface area contributed by atoms with Crippen LogP contribution in [0.15, 0.2) is 21.0 Å². The molecule has 0 fully saturated rings. The molecule has 2 rings (SSSR count). The van der Waals surface area contributed by atoms with E-state index in [4.69, 9.17) is 0 Å². The second kappa shape index (κ2) is 5.10. The molecule has 0 saturated carbocycles. The van der Waals surface area contributed by atoms with Crippen molar-refractivity contribution in [1.29, 1.82) is 0 Å². The van der Waals surface area contributed by atoms with Gasteiger partial charge in [-0.2, -0.15) is 0 Å². The van der Waals surface area contributed by atoms with E-state index in [1.165, 1.54) is 11.3 Å². The van der Waals surface area contributed by atoms with Gasteiger partial charge in [0.2, 0.25) is 0 Å². The molecule has 0 bridgehead atoms. The minimum absolute atomic E-state index is 0.140. The zero-order valence-electron chi connectivity index (χ0n) is 9.53. The zero-order valence-corrected chi connectivity index (χ0v) is 11.9. The van der Waals surface area contributed by atoms with Gasteiger partial charge >= 0.3 is 0 Å². The SMILES string of the molecule is CC(C)Cc1nc(-c2cncs2)[nH]c(=O)c1Br. The average molecular weight is 314 g/mol. The van der Waals surface area contributed by atoms with Gasteiger partial charge in [-0.15, -0.1) is 11.3 Å². The first-order chi connectivity index (χ1) is 8.08. The monoisotopic (exact) mass is 313 g/mol. The largest absolute Gasteiger partial charge is 0.305 e. The van der Waals surface area contributed by atoms with E-state index in [1.54, 1.807) is 11.7 Å². The van der Waals surface area contributed by atoms with Crippen molar-refractivity contribution in [3.63, 3.8) is 0 Å². The number of nitrogens with zero attached hydrogens (tertiary/aromatic N) is 2. The Labute approximate surface area is 111 Å². The van der Waals surface area contributed by atoms with E-state index in [2.05, 4.69) is 44.7 Å². The standard InChI is InChI=1S/C11H12BrN3OS/c1-6(2)3-7-9(12)11(16)15-10(14-7)8-4-13-5-17-8/h4-6H,3H2,1-2H3,(H,14,15,16). The van der Waals surface area contributed by atoms with Crippen LogP contribution < -0.4 is 5.56 Å². The Balaban J connectivity index is 2.50. The first kappa shape index (κ1) is 12.4. The highest BCUT2D eigenvalue weighted by Gasteiger charge is 2.12. The van der Waals surface area contributed by atoms with Gasteiger partial charge in [-0.05, 0) is 28.3 Å². The minimum atomic E-state index is -0.140. The molecule has 2 aromatic heterocycles. The van der Waals surface area contributed by atoms with Crippen molar-refractivity contribution in [3.05, 3.63) is 32.2 Å². The molecule has 0 aliphatic heterocycles. The van der Waals surface area contributed by atoms with Gasteiger partial charge in [-0.1, -0.05) is 13.8 Å². The molecule has 90 valence electrons. The minimum Gasteiger partial charge on any atom is -0.305 e. The van der Waals surface area contributed by atoms with E-state index >= 15 is 0 Å². The molecule has 0 amide bonds. The molecule has 6 heteroatoms. The highest BCUT2D eigenvalue weighted by molar-refractivity contribution is 9.10. The van der Waals surface area contributed by atoms with Crippen LogP contribution in [-0.4, -0.2) is 15.0 Å². The summed E-state index contributed by atoms with van der Waals surface area (Å²) in [6.07, 6.45) is 2.48. The summed E-state index contributed by atoms with van der Waals surface area (Å²) in [6.45, 7) is 4.20. The summed E-state index contributed by atoms with van der Waals surface area (Å²) in [5.41, 5.74) is 2.38. The molecule has 0 aromatic carbocycles. The molecule has 0 radical (unpaired) electrons. The maximum Gasteiger partial charge on any atom is 0.265 e. The molecule has 0 unspecified atom stereocenters. The van der Waals surface area contributed by atoms with Gasteiger partial charge in [0.25, 0.3) is 5.56 Å². The Morgan fingerprint density at radius 2 is 2.29 bits per heavy atom. The van der Waals surface area contributed by atoms with E-state index in [0.717, 1.165) is 17.0 Å². The Bertz CT molecular complexity index is 563. The number of H-pyrrole nitrogens is 1. The summed E-state index contributed by atoms with van der Waals surface area (Å²) < 4.78 is 0.527. The van der Waals surface area contributed by atoms with Crippen molar-refractivity contribution in [2.45, 2.75) is 20.3 Å². The third kappa shape index (κ3) is 2.81. The van der Waals surface area contributed by atoms with Crippen molar-refractivity contribution in [1.82, 2.24) is 15.0 Å². The Kier molecular flexibility index (Phi) is 3.73. The Morgan fingerprint density at radius 1 is 1.53 bits per heavy atom. The van der Waals surface area contributed by atoms with Gasteiger partial charge in [0.1, 0.15) is 4.47 Å². The number of thiazole rings is 1. The fourth-order valence-electron chi connectivity index (χ4n) is 1.48. The van der Waals surface area contributed by atoms with Crippen molar-refractivity contribution < 1.29 is 0 Å². The fraction of sp³-hybridized carbons (Fsp3) is 0.364. The fourth-order valence-corrected chi connectivity index (χ4v) is 2.39. The van der Waals surface area contributed by atoms with Gasteiger partial charge in [-0.3, -0.25) is 9.78 Å². The first-order valence-corrected chi connectivity index (χ1v) is 6.92. The van der Waals surface area contributed by atoms with Crippen LogP contribution in [0.25, 0.3) is 10.7 Å². The Hall–Kier alpha value is -1.01. The van der Waals surface area contributed by atoms with Crippen molar-refractivity contribution in [2.75, 3.05) is 0 Å². The number of hydrogen-bond donors (Lipinski definition) is 1. The van der Waals surface area contributed by atoms with Crippen molar-refractivity contribution in [3.8, 4) is 10.7 Å². The second-order valence-corrected chi connectivity index (χ2v) is 5.82. The molecule has 2 aromatic rings. The number of hydrogen-bond acceptors (Lipinski definition) is 4. The third-order valence-corrected chi connectivity index (χ3v) is 3.80. The van der Waals surface area contributed by atoms with Crippen LogP contribution in [0.2, 0.25) is 0 Å². The smallest absolute Gasteiger partial charge is 0.265 e. The van der Waals surface area contributed by atoms with Crippen LogP contribution in [-0.2, 0) is 6.42 Å². The molecule has 0 spiro atoms. The molecular weight excluding hydrogens is 302 g/mol. The molecule has 0 saturated heterocycles. The molecule has 1 N–H and O–H groups in total. The zero-order chi connectivity index (χ0) is 12.4. The number of aromatic amines is 1. The molecule has 0 atom stereocenters. The summed E-state index contributed by atoms with van der Waals surface area (Å²) in [5, 5.41) is 0. The van der Waals surface area contributed by atoms with E-state index < -0.39 is 0 Å². The maximum absolute atomic E-state index is 11.8. The molecule has 0 aliphatic carbocycles. The first-order valence-electron chi connectivity index (χ1n) is 5.25. The van der Waals surface area contributed by atoms with E-state index in [0.29, 0.717) is 16.2 Å². The lowest BCUT2D eigenvalue weighted by atomic mass is 10.1. The lowest BCUT2D eigenvalue weighted by Gasteiger charge is -2.07. The van der Waals surface area contributed by atoms with Crippen LogP contribution in [0.3, 0.4) is 0 Å². The lowest BCUT2D eigenvalue weighted by molar-refractivity contribution is 0.631. The summed E-state index contributed by atoms with van der Waals surface area (Å²) in [6, 6.07) is 0. The Morgan fingerprint density at radius 3 is 2.88 bits per heavy atom. The van der Waals surface area contributed by atoms with Crippen molar-refractivity contribution >= 4 is 27.3 Å². The summed E-state index contributed by atoms with van der Waals surface area (Å²) >= 11 is 4.75. The van der Waals surface area contributed by atoms with E-state index in [-0.39, 0.29) is 5.56 Å². The van der Waals surface area contributed by atoms with Crippen molar-refractivity contribution in [2.24, 2.45) is 5.92 Å². The topological polar surface area (TPSA) is 58.6 Å². The van der Waals surface area contributed by atoms with Crippen LogP contribution in [0.4, 0.5) is 0 Å². The van der Waals surface area contributed by atoms with E-state index in [9.17, 15) is 4.79 Å². The van der Waals surface area contributed by atoms with Gasteiger partial charge < -0.3 is 4.98 Å². The number of rotatable bonds is 3. The average Bonchev–Trinajstić information content (AvgIpc) is 2.77. The molecule has 2 heterocycles. The van der Waals surface area contributed by atoms with Crippen LogP contribution in [0.5, 0.6) is 0 Å². The molecule has 4 nitrogen and oxygen atoms in total. The highest BCUT2D eigenvalue weighted by Crippen LogP contribution is 2.21. The number of nitrogens with one attached hydrogen (secondary N) is 1. The van der Waals surface area contributed by atoms with Crippen LogP contribution in [0, 0.1) is 5.92 Å². The van der Waals surface area contributed by atoms with Gasteiger partial charge in [0.05, 0.1) is 16.1 Å². The van der Waals surface area contributed by atoms with Gasteiger partial charge in [-0.25, -0.2) is 4.98 Å². The summed E-state index contributed by atoms with van der Waals surface area (Å²) in [7, 11) is 0. The van der Waals surface area contributed by atoms with Crippen LogP contribution in [0.1, 0.15) is 19.5 Å². The summed E-state index contributed by atoms with van der Waals surface area (Å²) in [4.78, 5) is 23.9. The highest BCUT2D eigenvalue weighted by atomic mass is 79.9. The number of aromatic nitrogens is 3. The maximum atomic E-state index is 11.8. The quantitative estimate of drug-likeness (QED) is 0.948. The lowest BCUT2D eigenvalue weighted by Crippen LogP contribution is -2.14.